The van der Waals surface area contributed by atoms with Gasteiger partial charge in [-0.1, -0.05) is 60.2 Å². The highest BCUT2D eigenvalue weighted by molar-refractivity contribution is 5.97. The number of hydrogen-bond acceptors (Lipinski definition) is 1. The van der Waals surface area contributed by atoms with Gasteiger partial charge in [-0.25, -0.2) is 0 Å². The monoisotopic (exact) mass is 238 g/mol. The Labute approximate surface area is 108 Å². The second-order valence-electron chi connectivity index (χ2n) is 4.37. The second-order valence-corrected chi connectivity index (χ2v) is 4.37. The van der Waals surface area contributed by atoms with E-state index in [1.807, 2.05) is 30.3 Å². The van der Waals surface area contributed by atoms with E-state index in [4.69, 9.17) is 5.73 Å². The minimum atomic E-state index is 0.614. The number of amidine groups is 1. The van der Waals surface area contributed by atoms with Crippen molar-refractivity contribution < 1.29 is 0 Å². The van der Waals surface area contributed by atoms with Crippen molar-refractivity contribution in [2.75, 3.05) is 6.54 Å². The molecule has 0 spiro atoms. The minimum absolute atomic E-state index is 0.614. The molecule has 18 heavy (non-hydrogen) atoms. The zero-order valence-electron chi connectivity index (χ0n) is 10.6. The zero-order chi connectivity index (χ0) is 12.8. The van der Waals surface area contributed by atoms with Gasteiger partial charge in [-0.15, -0.1) is 0 Å². The summed E-state index contributed by atoms with van der Waals surface area (Å²) in [6, 6.07) is 18.4. The number of hydrogen-bond donors (Lipinski definition) is 1. The highest BCUT2D eigenvalue weighted by atomic mass is 14.8. The van der Waals surface area contributed by atoms with Crippen LogP contribution in [0, 0.1) is 6.92 Å². The topological polar surface area (TPSA) is 38.4 Å². The fraction of sp³-hybridized carbons (Fsp3) is 0.188. The Bertz CT molecular complexity index is 530. The molecular formula is C16H18N2. The second kappa shape index (κ2) is 6.01. The summed E-state index contributed by atoms with van der Waals surface area (Å²) in [6.07, 6.45) is 0.926. The molecule has 0 radical (unpaired) electrons. The predicted molar refractivity (Wildman–Crippen MR) is 76.9 cm³/mol. The van der Waals surface area contributed by atoms with Gasteiger partial charge in [0.25, 0.3) is 0 Å². The number of aliphatic imine (C=N–C) groups is 1. The molecule has 0 aliphatic carbocycles. The van der Waals surface area contributed by atoms with Crippen molar-refractivity contribution >= 4 is 5.84 Å². The number of rotatable bonds is 4. The number of nitrogens with zero attached hydrogens (tertiary/aromatic N) is 1. The lowest BCUT2D eigenvalue weighted by molar-refractivity contribution is 0.964. The van der Waals surface area contributed by atoms with Crippen molar-refractivity contribution in [1.29, 1.82) is 0 Å². The molecular weight excluding hydrogens is 220 g/mol. The third kappa shape index (κ3) is 3.45. The molecule has 92 valence electrons. The van der Waals surface area contributed by atoms with Crippen LogP contribution in [0.25, 0.3) is 0 Å². The summed E-state index contributed by atoms with van der Waals surface area (Å²) in [7, 11) is 0. The maximum Gasteiger partial charge on any atom is 0.125 e. The third-order valence-electron chi connectivity index (χ3n) is 2.83. The van der Waals surface area contributed by atoms with Crippen molar-refractivity contribution in [3.63, 3.8) is 0 Å². The molecule has 0 aliphatic rings. The summed E-state index contributed by atoms with van der Waals surface area (Å²) >= 11 is 0. The summed E-state index contributed by atoms with van der Waals surface area (Å²) < 4.78 is 0. The quantitative estimate of drug-likeness (QED) is 0.645. The maximum absolute atomic E-state index is 5.94. The summed E-state index contributed by atoms with van der Waals surface area (Å²) in [5.74, 6) is 0.614. The largest absolute Gasteiger partial charge is 0.384 e. The average Bonchev–Trinajstić information content (AvgIpc) is 2.40. The van der Waals surface area contributed by atoms with Crippen LogP contribution in [0.2, 0.25) is 0 Å². The van der Waals surface area contributed by atoms with E-state index in [-0.39, 0.29) is 0 Å². The highest BCUT2D eigenvalue weighted by Crippen LogP contribution is 2.05. The first-order chi connectivity index (χ1) is 8.75. The fourth-order valence-corrected chi connectivity index (χ4v) is 1.87. The zero-order valence-corrected chi connectivity index (χ0v) is 10.6. The van der Waals surface area contributed by atoms with Crippen LogP contribution in [0.15, 0.2) is 59.6 Å². The summed E-state index contributed by atoms with van der Waals surface area (Å²) in [4.78, 5) is 4.41. The molecule has 0 heterocycles. The molecule has 2 N–H and O–H groups in total. The van der Waals surface area contributed by atoms with E-state index >= 15 is 0 Å². The van der Waals surface area contributed by atoms with E-state index < -0.39 is 0 Å². The van der Waals surface area contributed by atoms with Gasteiger partial charge < -0.3 is 5.73 Å². The van der Waals surface area contributed by atoms with Crippen LogP contribution >= 0.6 is 0 Å². The molecule has 2 rings (SSSR count). The Morgan fingerprint density at radius 2 is 1.83 bits per heavy atom. The molecule has 0 bridgehead atoms. The fourth-order valence-electron chi connectivity index (χ4n) is 1.87. The molecule has 0 aliphatic heterocycles. The number of aryl methyl sites for hydroxylation is 1. The van der Waals surface area contributed by atoms with Crippen molar-refractivity contribution in [2.24, 2.45) is 10.7 Å². The van der Waals surface area contributed by atoms with E-state index in [9.17, 15) is 0 Å². The first-order valence-electron chi connectivity index (χ1n) is 6.16. The molecule has 0 atom stereocenters. The van der Waals surface area contributed by atoms with E-state index in [1.165, 1.54) is 11.1 Å². The summed E-state index contributed by atoms with van der Waals surface area (Å²) in [5, 5.41) is 0. The average molecular weight is 238 g/mol. The van der Waals surface area contributed by atoms with Crippen LogP contribution < -0.4 is 5.73 Å². The Kier molecular flexibility index (Phi) is 4.13. The van der Waals surface area contributed by atoms with Crippen LogP contribution in [0.3, 0.4) is 0 Å². The molecule has 0 saturated carbocycles. The molecule has 2 heteroatoms. The van der Waals surface area contributed by atoms with E-state index in [1.54, 1.807) is 0 Å². The summed E-state index contributed by atoms with van der Waals surface area (Å²) in [5.41, 5.74) is 9.52. The Hall–Kier alpha value is -2.09. The van der Waals surface area contributed by atoms with Crippen molar-refractivity contribution in [2.45, 2.75) is 13.3 Å². The van der Waals surface area contributed by atoms with E-state index in [0.717, 1.165) is 18.5 Å². The van der Waals surface area contributed by atoms with Crippen molar-refractivity contribution in [3.8, 4) is 0 Å². The van der Waals surface area contributed by atoms with Gasteiger partial charge in [-0.05, 0) is 18.9 Å². The molecule has 0 fully saturated rings. The van der Waals surface area contributed by atoms with Crippen molar-refractivity contribution in [1.82, 2.24) is 0 Å². The van der Waals surface area contributed by atoms with Gasteiger partial charge in [0.1, 0.15) is 5.84 Å². The van der Waals surface area contributed by atoms with Crippen LogP contribution in [0.1, 0.15) is 16.7 Å². The first kappa shape index (κ1) is 12.4. The predicted octanol–water partition coefficient (Wildman–Crippen LogP) is 2.94. The van der Waals surface area contributed by atoms with Gasteiger partial charge in [0.2, 0.25) is 0 Å². The molecule has 2 nitrogen and oxygen atoms in total. The Morgan fingerprint density at radius 1 is 1.06 bits per heavy atom. The molecule has 0 saturated heterocycles. The lowest BCUT2D eigenvalue weighted by Gasteiger charge is -2.02. The number of nitrogens with two attached hydrogens (primary N) is 1. The molecule has 0 amide bonds. The standard InChI is InChI=1S/C16H18N2/c1-13-6-5-7-14(12-13)10-11-18-16(17)15-8-3-2-4-9-15/h2-9,12H,10-11H2,1H3,(H2,17,18). The minimum Gasteiger partial charge on any atom is -0.384 e. The maximum atomic E-state index is 5.94. The SMILES string of the molecule is Cc1cccc(CCN=C(N)c2ccccc2)c1. The normalized spacial score (nSPS) is 11.5. The Balaban J connectivity index is 1.96. The van der Waals surface area contributed by atoms with Gasteiger partial charge in [0.15, 0.2) is 0 Å². The van der Waals surface area contributed by atoms with Crippen molar-refractivity contribution in [3.05, 3.63) is 71.3 Å². The highest BCUT2D eigenvalue weighted by Gasteiger charge is 1.96. The van der Waals surface area contributed by atoms with Crippen LogP contribution in [0.4, 0.5) is 0 Å². The lowest BCUT2D eigenvalue weighted by atomic mass is 10.1. The molecule has 2 aromatic rings. The third-order valence-corrected chi connectivity index (χ3v) is 2.83. The van der Waals surface area contributed by atoms with Gasteiger partial charge in [-0.3, -0.25) is 4.99 Å². The number of benzene rings is 2. The molecule has 0 unspecified atom stereocenters. The van der Waals surface area contributed by atoms with Gasteiger partial charge >= 0.3 is 0 Å². The van der Waals surface area contributed by atoms with Gasteiger partial charge in [-0.2, -0.15) is 0 Å². The van der Waals surface area contributed by atoms with E-state index in [0.29, 0.717) is 5.84 Å². The Morgan fingerprint density at radius 3 is 2.56 bits per heavy atom. The van der Waals surface area contributed by atoms with Crippen LogP contribution in [0.5, 0.6) is 0 Å². The lowest BCUT2D eigenvalue weighted by Crippen LogP contribution is -2.14. The van der Waals surface area contributed by atoms with Gasteiger partial charge in [0, 0.05) is 12.1 Å². The van der Waals surface area contributed by atoms with Crippen LogP contribution in [-0.2, 0) is 6.42 Å². The first-order valence-corrected chi connectivity index (χ1v) is 6.16. The summed E-state index contributed by atoms with van der Waals surface area (Å²) in [6.45, 7) is 2.83. The molecule has 2 aromatic carbocycles. The van der Waals surface area contributed by atoms with Gasteiger partial charge in [0.05, 0.1) is 0 Å². The van der Waals surface area contributed by atoms with Crippen LogP contribution in [-0.4, -0.2) is 12.4 Å². The molecule has 0 aromatic heterocycles. The smallest absolute Gasteiger partial charge is 0.125 e. The van der Waals surface area contributed by atoms with E-state index in [2.05, 4.69) is 36.2 Å².